The van der Waals surface area contributed by atoms with Gasteiger partial charge in [0.15, 0.2) is 0 Å². The lowest BCUT2D eigenvalue weighted by molar-refractivity contribution is -0.122. The molecule has 9 nitrogen and oxygen atoms in total. The highest BCUT2D eigenvalue weighted by Gasteiger charge is 2.21. The first kappa shape index (κ1) is 15.1. The quantitative estimate of drug-likeness (QED) is 0.804. The molecule has 0 fully saturated rings. The number of tetrazole rings is 1. The number of carbonyl (C=O) groups is 1. The summed E-state index contributed by atoms with van der Waals surface area (Å²) in [6, 6.07) is -0.179. The number of amides is 1. The molecular weight excluding hydrogens is 272 g/mol. The zero-order valence-electron chi connectivity index (χ0n) is 12.7. The minimum atomic E-state index is -0.179. The minimum Gasteiger partial charge on any atom is -0.344 e. The van der Waals surface area contributed by atoms with E-state index in [1.807, 2.05) is 7.05 Å². The van der Waals surface area contributed by atoms with Crippen molar-refractivity contribution >= 4 is 5.91 Å². The number of nitrogens with one attached hydrogen (secondary N) is 1. The van der Waals surface area contributed by atoms with Gasteiger partial charge in [-0.15, -0.1) is 5.10 Å². The molecule has 0 aliphatic heterocycles. The van der Waals surface area contributed by atoms with E-state index < -0.39 is 0 Å². The molecule has 9 heteroatoms. The Bertz CT molecular complexity index is 602. The highest BCUT2D eigenvalue weighted by Crippen LogP contribution is 2.18. The van der Waals surface area contributed by atoms with Crippen LogP contribution in [0.5, 0.6) is 0 Å². The standard InChI is InChI=1S/C12H20N8O/c1-8(2)5-10(12-13-7-14-19(12)4)15-11(21)6-20-9(3)16-17-18-20/h7-8,10H,5-6H2,1-4H3,(H,15,21). The van der Waals surface area contributed by atoms with Crippen molar-refractivity contribution in [1.82, 2.24) is 40.3 Å². The Morgan fingerprint density at radius 2 is 2.19 bits per heavy atom. The fraction of sp³-hybridized carbons (Fsp3) is 0.667. The van der Waals surface area contributed by atoms with E-state index >= 15 is 0 Å². The molecule has 0 spiro atoms. The van der Waals surface area contributed by atoms with Gasteiger partial charge in [0.05, 0.1) is 6.04 Å². The van der Waals surface area contributed by atoms with Crippen LogP contribution in [-0.2, 0) is 18.4 Å². The maximum absolute atomic E-state index is 12.2. The van der Waals surface area contributed by atoms with Gasteiger partial charge in [0, 0.05) is 7.05 Å². The summed E-state index contributed by atoms with van der Waals surface area (Å²) >= 11 is 0. The smallest absolute Gasteiger partial charge is 0.242 e. The van der Waals surface area contributed by atoms with Crippen molar-refractivity contribution < 1.29 is 4.79 Å². The van der Waals surface area contributed by atoms with E-state index in [0.717, 1.165) is 12.2 Å². The minimum absolute atomic E-state index is 0.0886. The lowest BCUT2D eigenvalue weighted by atomic mass is 10.0. The van der Waals surface area contributed by atoms with E-state index in [9.17, 15) is 4.79 Å². The van der Waals surface area contributed by atoms with E-state index in [2.05, 4.69) is 44.8 Å². The zero-order chi connectivity index (χ0) is 15.4. The number of hydrogen-bond acceptors (Lipinski definition) is 6. The second kappa shape index (κ2) is 6.42. The number of hydrogen-bond donors (Lipinski definition) is 1. The maximum atomic E-state index is 12.2. The predicted octanol–water partition coefficient (Wildman–Crippen LogP) is 0.0136. The number of rotatable bonds is 6. The van der Waals surface area contributed by atoms with Crippen LogP contribution in [0.4, 0.5) is 0 Å². The third-order valence-electron chi connectivity index (χ3n) is 3.10. The lowest BCUT2D eigenvalue weighted by Crippen LogP contribution is -2.34. The van der Waals surface area contributed by atoms with Crippen molar-refractivity contribution in [2.75, 3.05) is 0 Å². The van der Waals surface area contributed by atoms with E-state index in [1.165, 1.54) is 11.0 Å². The van der Waals surface area contributed by atoms with Crippen molar-refractivity contribution in [2.24, 2.45) is 13.0 Å². The Morgan fingerprint density at radius 1 is 1.43 bits per heavy atom. The van der Waals surface area contributed by atoms with E-state index in [-0.39, 0.29) is 18.5 Å². The molecule has 2 rings (SSSR count). The zero-order valence-corrected chi connectivity index (χ0v) is 12.7. The van der Waals surface area contributed by atoms with Gasteiger partial charge < -0.3 is 5.32 Å². The number of aryl methyl sites for hydroxylation is 2. The van der Waals surface area contributed by atoms with Gasteiger partial charge in [-0.2, -0.15) is 5.10 Å². The van der Waals surface area contributed by atoms with Crippen LogP contribution < -0.4 is 5.32 Å². The molecule has 0 radical (unpaired) electrons. The fourth-order valence-corrected chi connectivity index (χ4v) is 2.09. The molecule has 21 heavy (non-hydrogen) atoms. The van der Waals surface area contributed by atoms with Gasteiger partial charge >= 0.3 is 0 Å². The first-order chi connectivity index (χ1) is 9.97. The molecular formula is C12H20N8O. The monoisotopic (exact) mass is 292 g/mol. The summed E-state index contributed by atoms with van der Waals surface area (Å²) in [7, 11) is 1.81. The topological polar surface area (TPSA) is 103 Å². The molecule has 0 saturated carbocycles. The highest BCUT2D eigenvalue weighted by molar-refractivity contribution is 5.76. The van der Waals surface area contributed by atoms with Crippen molar-refractivity contribution in [3.8, 4) is 0 Å². The normalized spacial score (nSPS) is 12.6. The summed E-state index contributed by atoms with van der Waals surface area (Å²) in [4.78, 5) is 16.4. The maximum Gasteiger partial charge on any atom is 0.242 e. The molecule has 114 valence electrons. The van der Waals surface area contributed by atoms with Crippen molar-refractivity contribution in [3.05, 3.63) is 18.0 Å². The van der Waals surface area contributed by atoms with Crippen LogP contribution in [0.25, 0.3) is 0 Å². The second-order valence-electron chi connectivity index (χ2n) is 5.38. The summed E-state index contributed by atoms with van der Waals surface area (Å²) in [5, 5.41) is 18.1. The van der Waals surface area contributed by atoms with E-state index in [0.29, 0.717) is 11.7 Å². The largest absolute Gasteiger partial charge is 0.344 e. The van der Waals surface area contributed by atoms with Crippen LogP contribution in [0.3, 0.4) is 0 Å². The molecule has 0 aromatic carbocycles. The average molecular weight is 292 g/mol. The first-order valence-electron chi connectivity index (χ1n) is 6.83. The molecule has 0 saturated heterocycles. The van der Waals surface area contributed by atoms with E-state index in [4.69, 9.17) is 0 Å². The Labute approximate surface area is 122 Å². The molecule has 1 N–H and O–H groups in total. The molecule has 0 aliphatic rings. The third kappa shape index (κ3) is 3.83. The second-order valence-corrected chi connectivity index (χ2v) is 5.38. The van der Waals surface area contributed by atoms with Crippen LogP contribution in [-0.4, -0.2) is 40.9 Å². The molecule has 1 amide bonds. The highest BCUT2D eigenvalue weighted by atomic mass is 16.2. The Kier molecular flexibility index (Phi) is 4.61. The predicted molar refractivity (Wildman–Crippen MR) is 73.9 cm³/mol. The van der Waals surface area contributed by atoms with E-state index in [1.54, 1.807) is 11.6 Å². The third-order valence-corrected chi connectivity index (χ3v) is 3.10. The van der Waals surface area contributed by atoms with Gasteiger partial charge in [-0.05, 0) is 29.7 Å². The summed E-state index contributed by atoms with van der Waals surface area (Å²) in [5.41, 5.74) is 0. The van der Waals surface area contributed by atoms with Gasteiger partial charge in [-0.1, -0.05) is 13.8 Å². The fourth-order valence-electron chi connectivity index (χ4n) is 2.09. The van der Waals surface area contributed by atoms with Crippen molar-refractivity contribution in [2.45, 2.75) is 39.8 Å². The van der Waals surface area contributed by atoms with Gasteiger partial charge in [0.1, 0.15) is 24.5 Å². The molecule has 2 heterocycles. The molecule has 0 aliphatic carbocycles. The van der Waals surface area contributed by atoms with Crippen LogP contribution in [0.15, 0.2) is 6.33 Å². The summed E-state index contributed by atoms with van der Waals surface area (Å²) < 4.78 is 3.13. The SMILES string of the molecule is Cc1nnnn1CC(=O)NC(CC(C)C)c1ncnn1C. The van der Waals surface area contributed by atoms with Crippen LogP contribution in [0.1, 0.15) is 38.0 Å². The molecule has 1 unspecified atom stereocenters. The lowest BCUT2D eigenvalue weighted by Gasteiger charge is -2.19. The van der Waals surface area contributed by atoms with Crippen molar-refractivity contribution in [3.63, 3.8) is 0 Å². The van der Waals surface area contributed by atoms with Crippen molar-refractivity contribution in [1.29, 1.82) is 0 Å². The summed E-state index contributed by atoms with van der Waals surface area (Å²) in [6.07, 6.45) is 2.27. The van der Waals surface area contributed by atoms with Gasteiger partial charge in [-0.3, -0.25) is 9.48 Å². The van der Waals surface area contributed by atoms with Crippen LogP contribution >= 0.6 is 0 Å². The Hall–Kier alpha value is -2.32. The first-order valence-corrected chi connectivity index (χ1v) is 6.83. The number of nitrogens with zero attached hydrogens (tertiary/aromatic N) is 7. The molecule has 1 atom stereocenters. The molecule has 2 aromatic rings. The van der Waals surface area contributed by atoms with Crippen LogP contribution in [0.2, 0.25) is 0 Å². The number of carbonyl (C=O) groups excluding carboxylic acids is 1. The summed E-state index contributed by atoms with van der Waals surface area (Å²) in [5.74, 6) is 1.61. The Morgan fingerprint density at radius 3 is 2.71 bits per heavy atom. The average Bonchev–Trinajstić information content (AvgIpc) is 2.98. The van der Waals surface area contributed by atoms with Gasteiger partial charge in [-0.25, -0.2) is 9.67 Å². The number of aromatic nitrogens is 7. The molecule has 0 bridgehead atoms. The van der Waals surface area contributed by atoms with Gasteiger partial charge in [0.25, 0.3) is 0 Å². The Balaban J connectivity index is 2.06. The summed E-state index contributed by atoms with van der Waals surface area (Å²) in [6.45, 7) is 6.04. The van der Waals surface area contributed by atoms with Crippen LogP contribution in [0, 0.1) is 12.8 Å². The molecule has 2 aromatic heterocycles. The van der Waals surface area contributed by atoms with Gasteiger partial charge in [0.2, 0.25) is 5.91 Å².